The Hall–Kier alpha value is -0.980. The highest BCUT2D eigenvalue weighted by Crippen LogP contribution is 2.17. The van der Waals surface area contributed by atoms with E-state index in [1.807, 2.05) is 0 Å². The predicted octanol–water partition coefficient (Wildman–Crippen LogP) is 1.29. The number of aliphatic hydroxyl groups excluding tert-OH is 1. The van der Waals surface area contributed by atoms with Gasteiger partial charge in [0.2, 0.25) is 0 Å². The van der Waals surface area contributed by atoms with E-state index in [0.29, 0.717) is 29.7 Å². The first-order valence-electron chi connectivity index (χ1n) is 5.62. The van der Waals surface area contributed by atoms with Gasteiger partial charge in [-0.2, -0.15) is 0 Å². The number of halogens is 2. The summed E-state index contributed by atoms with van der Waals surface area (Å²) in [6, 6.07) is 3.92. The number of carbonyl (C=O) groups is 1. The highest BCUT2D eigenvalue weighted by molar-refractivity contribution is 9.10. The summed E-state index contributed by atoms with van der Waals surface area (Å²) in [4.78, 5) is 11.7. The van der Waals surface area contributed by atoms with E-state index in [1.165, 1.54) is 18.2 Å². The fourth-order valence-electron chi connectivity index (χ4n) is 1.34. The number of rotatable bonds is 6. The van der Waals surface area contributed by atoms with Crippen LogP contribution in [-0.2, 0) is 0 Å². The number of hydrogen-bond acceptors (Lipinski definition) is 3. The molecule has 1 rings (SSSR count). The van der Waals surface area contributed by atoms with Crippen LogP contribution in [0.15, 0.2) is 22.7 Å². The summed E-state index contributed by atoms with van der Waals surface area (Å²) in [7, 11) is 0. The molecule has 0 aliphatic heterocycles. The first kappa shape index (κ1) is 15.1. The molecule has 0 radical (unpaired) electrons. The van der Waals surface area contributed by atoms with Gasteiger partial charge in [0.05, 0.1) is 11.7 Å². The Kier molecular flexibility index (Phi) is 6.24. The maximum Gasteiger partial charge on any atom is 0.252 e. The van der Waals surface area contributed by atoms with Gasteiger partial charge in [-0.3, -0.25) is 4.79 Å². The lowest BCUT2D eigenvalue weighted by Gasteiger charge is -2.09. The summed E-state index contributed by atoms with van der Waals surface area (Å²) in [5.41, 5.74) is 0.395. The Morgan fingerprint density at radius 1 is 1.50 bits per heavy atom. The van der Waals surface area contributed by atoms with E-state index in [-0.39, 0.29) is 5.91 Å². The van der Waals surface area contributed by atoms with Crippen molar-refractivity contribution in [3.63, 3.8) is 0 Å². The van der Waals surface area contributed by atoms with Crippen molar-refractivity contribution in [2.24, 2.45) is 0 Å². The third-order valence-electron chi connectivity index (χ3n) is 2.20. The van der Waals surface area contributed by atoms with E-state index >= 15 is 0 Å². The standard InChI is InChI=1S/C12H16BrFN2O2/c1-8(17)7-15-4-5-16-12(18)10-3-2-9(14)6-11(10)13/h2-3,6,8,15,17H,4-5,7H2,1H3,(H,16,18). The minimum Gasteiger partial charge on any atom is -0.392 e. The van der Waals surface area contributed by atoms with E-state index in [0.717, 1.165) is 0 Å². The number of carbonyl (C=O) groups excluding carboxylic acids is 1. The minimum absolute atomic E-state index is 0.263. The Morgan fingerprint density at radius 2 is 2.22 bits per heavy atom. The molecule has 100 valence electrons. The van der Waals surface area contributed by atoms with Gasteiger partial charge >= 0.3 is 0 Å². The summed E-state index contributed by atoms with van der Waals surface area (Å²) >= 11 is 3.14. The van der Waals surface area contributed by atoms with Gasteiger partial charge in [-0.1, -0.05) is 0 Å². The van der Waals surface area contributed by atoms with Crippen LogP contribution >= 0.6 is 15.9 Å². The van der Waals surface area contributed by atoms with Gasteiger partial charge in [0.25, 0.3) is 5.91 Å². The van der Waals surface area contributed by atoms with Gasteiger partial charge in [0.1, 0.15) is 5.82 Å². The number of benzene rings is 1. The third kappa shape index (κ3) is 5.12. The summed E-state index contributed by atoms with van der Waals surface area (Å²) in [5.74, 6) is -0.655. The van der Waals surface area contributed by atoms with Crippen molar-refractivity contribution >= 4 is 21.8 Å². The molecule has 0 spiro atoms. The van der Waals surface area contributed by atoms with Crippen LogP contribution in [0.25, 0.3) is 0 Å². The van der Waals surface area contributed by atoms with Crippen molar-refractivity contribution in [3.8, 4) is 0 Å². The van der Waals surface area contributed by atoms with Crippen molar-refractivity contribution in [1.29, 1.82) is 0 Å². The van der Waals surface area contributed by atoms with Gasteiger partial charge < -0.3 is 15.7 Å². The quantitative estimate of drug-likeness (QED) is 0.693. The van der Waals surface area contributed by atoms with Crippen LogP contribution in [0.5, 0.6) is 0 Å². The molecule has 1 atom stereocenters. The second kappa shape index (κ2) is 7.45. The zero-order chi connectivity index (χ0) is 13.5. The van der Waals surface area contributed by atoms with Gasteiger partial charge in [0.15, 0.2) is 0 Å². The molecule has 0 heterocycles. The Bertz CT molecular complexity index is 413. The van der Waals surface area contributed by atoms with Crippen molar-refractivity contribution in [3.05, 3.63) is 34.1 Å². The van der Waals surface area contributed by atoms with E-state index in [9.17, 15) is 9.18 Å². The maximum atomic E-state index is 12.8. The average molecular weight is 319 g/mol. The second-order valence-electron chi connectivity index (χ2n) is 3.93. The van der Waals surface area contributed by atoms with E-state index in [2.05, 4.69) is 26.6 Å². The van der Waals surface area contributed by atoms with E-state index < -0.39 is 11.9 Å². The molecule has 1 aromatic carbocycles. The Balaban J connectivity index is 2.36. The maximum absolute atomic E-state index is 12.8. The highest BCUT2D eigenvalue weighted by Gasteiger charge is 2.09. The molecule has 0 saturated heterocycles. The van der Waals surface area contributed by atoms with Gasteiger partial charge in [0, 0.05) is 24.1 Å². The van der Waals surface area contributed by atoms with Crippen molar-refractivity contribution < 1.29 is 14.3 Å². The summed E-state index contributed by atoms with van der Waals surface area (Å²) in [6.45, 7) is 3.17. The Labute approximate surface area is 114 Å². The molecule has 6 heteroatoms. The fourth-order valence-corrected chi connectivity index (χ4v) is 1.88. The first-order valence-corrected chi connectivity index (χ1v) is 6.42. The smallest absolute Gasteiger partial charge is 0.252 e. The van der Waals surface area contributed by atoms with Crippen molar-refractivity contribution in [2.75, 3.05) is 19.6 Å². The van der Waals surface area contributed by atoms with Gasteiger partial charge in [-0.15, -0.1) is 0 Å². The number of nitrogens with one attached hydrogen (secondary N) is 2. The lowest BCUT2D eigenvalue weighted by atomic mass is 10.2. The molecule has 0 aliphatic carbocycles. The molecule has 3 N–H and O–H groups in total. The third-order valence-corrected chi connectivity index (χ3v) is 2.86. The summed E-state index contributed by atoms with van der Waals surface area (Å²) in [5, 5.41) is 14.7. The normalized spacial score (nSPS) is 12.2. The van der Waals surface area contributed by atoms with E-state index in [4.69, 9.17) is 5.11 Å². The summed E-state index contributed by atoms with van der Waals surface area (Å²) in [6.07, 6.45) is -0.410. The molecule has 4 nitrogen and oxygen atoms in total. The summed E-state index contributed by atoms with van der Waals surface area (Å²) < 4.78 is 13.3. The van der Waals surface area contributed by atoms with Gasteiger partial charge in [-0.05, 0) is 41.1 Å². The van der Waals surface area contributed by atoms with Crippen LogP contribution in [0.3, 0.4) is 0 Å². The average Bonchev–Trinajstić information content (AvgIpc) is 2.27. The Morgan fingerprint density at radius 3 is 2.83 bits per heavy atom. The zero-order valence-electron chi connectivity index (χ0n) is 10.0. The monoisotopic (exact) mass is 318 g/mol. The second-order valence-corrected chi connectivity index (χ2v) is 4.79. The first-order chi connectivity index (χ1) is 8.50. The number of aliphatic hydroxyl groups is 1. The van der Waals surface area contributed by atoms with Crippen LogP contribution < -0.4 is 10.6 Å². The lowest BCUT2D eigenvalue weighted by Crippen LogP contribution is -2.34. The molecule has 18 heavy (non-hydrogen) atoms. The molecule has 1 amide bonds. The largest absolute Gasteiger partial charge is 0.392 e. The van der Waals surface area contributed by atoms with Gasteiger partial charge in [-0.25, -0.2) is 4.39 Å². The molecule has 1 aromatic rings. The van der Waals surface area contributed by atoms with Crippen LogP contribution in [-0.4, -0.2) is 36.8 Å². The molecule has 1 unspecified atom stereocenters. The molecule has 0 bridgehead atoms. The predicted molar refractivity (Wildman–Crippen MR) is 71.0 cm³/mol. The molecular formula is C12H16BrFN2O2. The zero-order valence-corrected chi connectivity index (χ0v) is 11.6. The lowest BCUT2D eigenvalue weighted by molar-refractivity contribution is 0.0953. The van der Waals surface area contributed by atoms with Crippen LogP contribution in [0.1, 0.15) is 17.3 Å². The highest BCUT2D eigenvalue weighted by atomic mass is 79.9. The molecule has 0 fully saturated rings. The minimum atomic E-state index is -0.410. The van der Waals surface area contributed by atoms with Crippen molar-refractivity contribution in [2.45, 2.75) is 13.0 Å². The topological polar surface area (TPSA) is 61.4 Å². The van der Waals surface area contributed by atoms with Crippen LogP contribution in [0.4, 0.5) is 4.39 Å². The molecule has 0 saturated carbocycles. The van der Waals surface area contributed by atoms with Crippen LogP contribution in [0, 0.1) is 5.82 Å². The molecule has 0 aliphatic rings. The SMILES string of the molecule is CC(O)CNCCNC(=O)c1ccc(F)cc1Br. The van der Waals surface area contributed by atoms with Crippen LogP contribution in [0.2, 0.25) is 0 Å². The van der Waals surface area contributed by atoms with E-state index in [1.54, 1.807) is 6.92 Å². The van der Waals surface area contributed by atoms with Crippen molar-refractivity contribution in [1.82, 2.24) is 10.6 Å². The fraction of sp³-hybridized carbons (Fsp3) is 0.417. The number of hydrogen-bond donors (Lipinski definition) is 3. The molecule has 0 aromatic heterocycles. The number of amides is 1. The molecular weight excluding hydrogens is 303 g/mol.